The number of likely N-dealkylation sites (tertiary alicyclic amines) is 2. The van der Waals surface area contributed by atoms with Crippen molar-refractivity contribution in [3.05, 3.63) is 12.7 Å². The van der Waals surface area contributed by atoms with E-state index in [9.17, 15) is 4.79 Å². The lowest BCUT2D eigenvalue weighted by molar-refractivity contribution is -0.130. The largest absolute Gasteiger partial charge is 0.338 e. The van der Waals surface area contributed by atoms with Crippen molar-refractivity contribution in [3.63, 3.8) is 0 Å². The molecule has 3 atom stereocenters. The summed E-state index contributed by atoms with van der Waals surface area (Å²) in [4.78, 5) is 16.5. The summed E-state index contributed by atoms with van der Waals surface area (Å²) in [5, 5.41) is 0. The van der Waals surface area contributed by atoms with Gasteiger partial charge in [0.1, 0.15) is 0 Å². The van der Waals surface area contributed by atoms with Crippen molar-refractivity contribution in [2.75, 3.05) is 26.2 Å². The van der Waals surface area contributed by atoms with Gasteiger partial charge in [0.2, 0.25) is 5.91 Å². The number of carbonyl (C=O) groups is 1. The molecular formula is C13H22N2O. The highest BCUT2D eigenvalue weighted by molar-refractivity contribution is 5.82. The first-order valence-electron chi connectivity index (χ1n) is 6.31. The quantitative estimate of drug-likeness (QED) is 0.671. The Labute approximate surface area is 98.1 Å². The molecule has 2 rings (SSSR count). The number of rotatable bonds is 4. The average molecular weight is 222 g/mol. The minimum Gasteiger partial charge on any atom is -0.338 e. The molecule has 2 saturated heterocycles. The molecule has 0 aliphatic carbocycles. The molecule has 0 aromatic rings. The molecule has 0 N–H and O–H groups in total. The lowest BCUT2D eigenvalue weighted by atomic mass is 10.0. The number of nitrogens with zero attached hydrogens (tertiary/aromatic N) is 2. The maximum absolute atomic E-state index is 12.1. The number of amides is 1. The fourth-order valence-electron chi connectivity index (χ4n) is 2.92. The molecule has 2 fully saturated rings. The zero-order valence-electron chi connectivity index (χ0n) is 10.4. The molecule has 90 valence electrons. The Morgan fingerprint density at radius 3 is 2.81 bits per heavy atom. The number of hydrogen-bond donors (Lipinski definition) is 0. The smallest absolute Gasteiger partial charge is 0.227 e. The molecule has 0 unspecified atom stereocenters. The van der Waals surface area contributed by atoms with Crippen LogP contribution < -0.4 is 0 Å². The van der Waals surface area contributed by atoms with Crippen LogP contribution in [0.5, 0.6) is 0 Å². The van der Waals surface area contributed by atoms with Gasteiger partial charge in [-0.3, -0.25) is 9.69 Å². The third-order valence-electron chi connectivity index (χ3n) is 4.12. The van der Waals surface area contributed by atoms with Gasteiger partial charge >= 0.3 is 0 Å². The van der Waals surface area contributed by atoms with Crippen molar-refractivity contribution in [2.24, 2.45) is 11.8 Å². The third-order valence-corrected chi connectivity index (χ3v) is 4.12. The Morgan fingerprint density at radius 2 is 2.25 bits per heavy atom. The molecule has 16 heavy (non-hydrogen) atoms. The van der Waals surface area contributed by atoms with Crippen LogP contribution in [0.2, 0.25) is 0 Å². The van der Waals surface area contributed by atoms with Gasteiger partial charge in [-0.1, -0.05) is 13.0 Å². The summed E-state index contributed by atoms with van der Waals surface area (Å²) in [6.45, 7) is 11.9. The summed E-state index contributed by atoms with van der Waals surface area (Å²) in [5.41, 5.74) is 0. The minimum atomic E-state index is 0.258. The number of carbonyl (C=O) groups excluding carboxylic acids is 1. The van der Waals surface area contributed by atoms with Gasteiger partial charge in [0.15, 0.2) is 0 Å². The molecule has 0 bridgehead atoms. The lowest BCUT2D eigenvalue weighted by Crippen LogP contribution is -2.36. The normalized spacial score (nSPS) is 31.9. The van der Waals surface area contributed by atoms with Crippen molar-refractivity contribution in [1.82, 2.24) is 9.80 Å². The highest BCUT2D eigenvalue weighted by Gasteiger charge is 2.46. The first-order valence-corrected chi connectivity index (χ1v) is 6.31. The van der Waals surface area contributed by atoms with Gasteiger partial charge in [-0.05, 0) is 13.3 Å². The Kier molecular flexibility index (Phi) is 3.33. The number of hydrogen-bond acceptors (Lipinski definition) is 2. The first-order chi connectivity index (χ1) is 7.67. The second-order valence-corrected chi connectivity index (χ2v) is 5.11. The van der Waals surface area contributed by atoms with Crippen molar-refractivity contribution >= 4 is 5.91 Å². The van der Waals surface area contributed by atoms with Crippen LogP contribution in [0.15, 0.2) is 12.7 Å². The molecule has 3 heteroatoms. The maximum atomic E-state index is 12.1. The monoisotopic (exact) mass is 222 g/mol. The van der Waals surface area contributed by atoms with Crippen LogP contribution in [0.1, 0.15) is 20.3 Å². The maximum Gasteiger partial charge on any atom is 0.227 e. The number of fused-ring (bicyclic) bond motifs is 1. The summed E-state index contributed by atoms with van der Waals surface area (Å²) < 4.78 is 0. The van der Waals surface area contributed by atoms with E-state index in [1.54, 1.807) is 0 Å². The molecular weight excluding hydrogens is 200 g/mol. The van der Waals surface area contributed by atoms with Gasteiger partial charge in [0, 0.05) is 38.1 Å². The Bertz CT molecular complexity index is 290. The summed E-state index contributed by atoms with van der Waals surface area (Å²) >= 11 is 0. The van der Waals surface area contributed by atoms with Gasteiger partial charge in [0.25, 0.3) is 0 Å². The Hall–Kier alpha value is -0.830. The van der Waals surface area contributed by atoms with Crippen LogP contribution in [0.4, 0.5) is 0 Å². The van der Waals surface area contributed by atoms with E-state index in [2.05, 4.69) is 25.3 Å². The van der Waals surface area contributed by atoms with Crippen LogP contribution in [-0.4, -0.2) is 47.9 Å². The minimum absolute atomic E-state index is 0.258. The first kappa shape index (κ1) is 11.6. The average Bonchev–Trinajstić information content (AvgIpc) is 2.80. The standard InChI is InChI=1S/C13H22N2O/c1-4-6-14-7-11-8-15(10(3)5-2)9-12(11)13(14)16/h4,10-12H,1,5-9H2,2-3H3/t10-,11-,12+/m1/s1. The van der Waals surface area contributed by atoms with Gasteiger partial charge in [-0.25, -0.2) is 0 Å². The van der Waals surface area contributed by atoms with E-state index in [-0.39, 0.29) is 5.92 Å². The van der Waals surface area contributed by atoms with Gasteiger partial charge < -0.3 is 4.90 Å². The van der Waals surface area contributed by atoms with E-state index in [0.717, 1.165) is 26.2 Å². The predicted molar refractivity (Wildman–Crippen MR) is 65.1 cm³/mol. The van der Waals surface area contributed by atoms with Crippen LogP contribution in [0, 0.1) is 11.8 Å². The second-order valence-electron chi connectivity index (χ2n) is 5.11. The van der Waals surface area contributed by atoms with E-state index in [4.69, 9.17) is 0 Å². The topological polar surface area (TPSA) is 23.6 Å². The van der Waals surface area contributed by atoms with Crippen molar-refractivity contribution < 1.29 is 4.79 Å². The summed E-state index contributed by atoms with van der Waals surface area (Å²) in [7, 11) is 0. The molecule has 2 aliphatic heterocycles. The molecule has 0 aromatic heterocycles. The van der Waals surface area contributed by atoms with Crippen LogP contribution >= 0.6 is 0 Å². The van der Waals surface area contributed by atoms with E-state index in [0.29, 0.717) is 17.9 Å². The highest BCUT2D eigenvalue weighted by atomic mass is 16.2. The molecule has 0 aromatic carbocycles. The van der Waals surface area contributed by atoms with Crippen molar-refractivity contribution in [2.45, 2.75) is 26.3 Å². The fraction of sp³-hybridized carbons (Fsp3) is 0.769. The van der Waals surface area contributed by atoms with Crippen molar-refractivity contribution in [1.29, 1.82) is 0 Å². The third kappa shape index (κ3) is 1.88. The van der Waals surface area contributed by atoms with E-state index in [1.165, 1.54) is 6.42 Å². The van der Waals surface area contributed by atoms with Gasteiger partial charge in [0.05, 0.1) is 5.92 Å². The molecule has 3 nitrogen and oxygen atoms in total. The van der Waals surface area contributed by atoms with Gasteiger partial charge in [-0.15, -0.1) is 6.58 Å². The van der Waals surface area contributed by atoms with Gasteiger partial charge in [-0.2, -0.15) is 0 Å². The Morgan fingerprint density at radius 1 is 1.50 bits per heavy atom. The van der Waals surface area contributed by atoms with Crippen LogP contribution in [0.3, 0.4) is 0 Å². The zero-order chi connectivity index (χ0) is 11.7. The molecule has 1 amide bonds. The van der Waals surface area contributed by atoms with Crippen molar-refractivity contribution in [3.8, 4) is 0 Å². The molecule has 2 heterocycles. The summed E-state index contributed by atoms with van der Waals surface area (Å²) in [5.74, 6) is 1.16. The SMILES string of the molecule is C=CCN1C[C@@H]2CN([C@H](C)CC)C[C@@H]2C1=O. The fourth-order valence-corrected chi connectivity index (χ4v) is 2.92. The summed E-state index contributed by atoms with van der Waals surface area (Å²) in [6.07, 6.45) is 3.00. The van der Waals surface area contributed by atoms with Crippen LogP contribution in [-0.2, 0) is 4.79 Å². The molecule has 0 spiro atoms. The van der Waals surface area contributed by atoms with E-state index < -0.39 is 0 Å². The Balaban J connectivity index is 1.97. The zero-order valence-corrected chi connectivity index (χ0v) is 10.4. The second kappa shape index (κ2) is 4.58. The van der Waals surface area contributed by atoms with E-state index in [1.807, 2.05) is 11.0 Å². The van der Waals surface area contributed by atoms with E-state index >= 15 is 0 Å². The molecule has 0 radical (unpaired) electrons. The highest BCUT2D eigenvalue weighted by Crippen LogP contribution is 2.33. The lowest BCUT2D eigenvalue weighted by Gasteiger charge is -2.25. The predicted octanol–water partition coefficient (Wildman–Crippen LogP) is 1.36. The summed E-state index contributed by atoms with van der Waals surface area (Å²) in [6, 6.07) is 0.617. The van der Waals surface area contributed by atoms with Crippen LogP contribution in [0.25, 0.3) is 0 Å². The molecule has 0 saturated carbocycles. The molecule has 2 aliphatic rings.